The molecule has 51 heavy (non-hydrogen) atoms. The van der Waals surface area contributed by atoms with E-state index in [0.717, 1.165) is 49.8 Å². The number of nitrogens with zero attached hydrogens (tertiary/aromatic N) is 4. The van der Waals surface area contributed by atoms with Crippen molar-refractivity contribution >= 4 is 53.2 Å². The smallest absolute Gasteiger partial charge is 0.164 e. The Morgan fingerprint density at radius 1 is 0.333 bits per heavy atom. The van der Waals surface area contributed by atoms with Crippen molar-refractivity contribution in [2.75, 3.05) is 0 Å². The van der Waals surface area contributed by atoms with Crippen LogP contribution in [0.4, 0.5) is 0 Å². The Bertz CT molecular complexity index is 2860. The molecule has 4 nitrogen and oxygen atoms in total. The molecule has 0 atom stereocenters. The van der Waals surface area contributed by atoms with Crippen LogP contribution in [-0.2, 0) is 0 Å². The van der Waals surface area contributed by atoms with Gasteiger partial charge in [0.2, 0.25) is 0 Å². The molecular weight excluding hydrogens is 641 g/mol. The molecule has 0 aliphatic carbocycles. The van der Waals surface area contributed by atoms with E-state index in [9.17, 15) is 0 Å². The van der Waals surface area contributed by atoms with Crippen molar-refractivity contribution in [3.05, 3.63) is 170 Å². The molecule has 0 aliphatic heterocycles. The quantitative estimate of drug-likeness (QED) is 0.171. The van der Waals surface area contributed by atoms with Gasteiger partial charge >= 0.3 is 0 Å². The topological polar surface area (TPSA) is 51.6 Å². The molecule has 238 valence electrons. The van der Waals surface area contributed by atoms with Crippen molar-refractivity contribution in [3.63, 3.8) is 0 Å². The first-order valence-electron chi connectivity index (χ1n) is 17.0. The molecule has 0 amide bonds. The first-order valence-corrected chi connectivity index (χ1v) is 17.8. The zero-order chi connectivity index (χ0) is 33.7. The lowest BCUT2D eigenvalue weighted by molar-refractivity contribution is 1.07. The highest BCUT2D eigenvalue weighted by molar-refractivity contribution is 7.25. The highest BCUT2D eigenvalue weighted by atomic mass is 32.1. The standard InChI is InChI=1S/C46H28N4S/c1-3-13-29(14-4-1)44-48-45(30-15-5-2-6-16-30)50-46(49-44)33-18-11-17-31(27-33)32-25-26-39-38(28-32)34-19-7-8-20-35(34)43(47-39)37-22-12-24-41-42(37)36-21-9-10-23-40(36)51-41/h1-28H. The SMILES string of the molecule is c1ccc(-c2nc(-c3ccccc3)nc(-c3cccc(-c4ccc5nc(-c6cccc7sc8ccccc8c67)c6ccccc6c5c4)c3)n2)cc1. The first-order chi connectivity index (χ1) is 25.3. The third kappa shape index (κ3) is 5.14. The molecule has 0 radical (unpaired) electrons. The minimum Gasteiger partial charge on any atom is -0.247 e. The lowest BCUT2D eigenvalue weighted by Gasteiger charge is -2.13. The molecule has 5 heteroatoms. The molecule has 3 aromatic heterocycles. The molecule has 7 aromatic carbocycles. The van der Waals surface area contributed by atoms with Crippen LogP contribution < -0.4 is 0 Å². The van der Waals surface area contributed by atoms with Gasteiger partial charge in [-0.2, -0.15) is 0 Å². The second kappa shape index (κ2) is 12.1. The fraction of sp³-hybridized carbons (Fsp3) is 0. The summed E-state index contributed by atoms with van der Waals surface area (Å²) in [4.78, 5) is 20.2. The van der Waals surface area contributed by atoms with E-state index in [1.165, 1.54) is 31.1 Å². The second-order valence-corrected chi connectivity index (χ2v) is 13.7. The molecule has 0 saturated heterocycles. The minimum absolute atomic E-state index is 0.636. The van der Waals surface area contributed by atoms with E-state index in [1.54, 1.807) is 0 Å². The molecular formula is C46H28N4S. The van der Waals surface area contributed by atoms with Gasteiger partial charge in [-0.3, -0.25) is 0 Å². The Balaban J connectivity index is 1.11. The number of thiophene rings is 1. The summed E-state index contributed by atoms with van der Waals surface area (Å²) >= 11 is 1.84. The highest BCUT2D eigenvalue weighted by Gasteiger charge is 2.17. The van der Waals surface area contributed by atoms with E-state index in [0.29, 0.717) is 17.5 Å². The van der Waals surface area contributed by atoms with E-state index in [2.05, 4.69) is 109 Å². The molecule has 10 rings (SSSR count). The Hall–Kier alpha value is -6.56. The molecule has 0 aliphatic rings. The molecule has 0 spiro atoms. The van der Waals surface area contributed by atoms with Crippen LogP contribution in [0.25, 0.3) is 98.4 Å². The molecule has 0 N–H and O–H groups in total. The largest absolute Gasteiger partial charge is 0.247 e. The molecule has 0 fully saturated rings. The number of hydrogen-bond acceptors (Lipinski definition) is 5. The molecule has 0 unspecified atom stereocenters. The summed E-state index contributed by atoms with van der Waals surface area (Å²) in [6.07, 6.45) is 0. The van der Waals surface area contributed by atoms with E-state index < -0.39 is 0 Å². The number of aromatic nitrogens is 4. The van der Waals surface area contributed by atoms with Crippen LogP contribution >= 0.6 is 11.3 Å². The summed E-state index contributed by atoms with van der Waals surface area (Å²) < 4.78 is 2.57. The summed E-state index contributed by atoms with van der Waals surface area (Å²) in [7, 11) is 0. The van der Waals surface area contributed by atoms with Gasteiger partial charge in [0.15, 0.2) is 17.5 Å². The van der Waals surface area contributed by atoms with E-state index in [1.807, 2.05) is 72.0 Å². The van der Waals surface area contributed by atoms with Gasteiger partial charge in [-0.1, -0.05) is 140 Å². The van der Waals surface area contributed by atoms with Crippen molar-refractivity contribution < 1.29 is 0 Å². The summed E-state index contributed by atoms with van der Waals surface area (Å²) in [5.74, 6) is 1.93. The molecule has 0 bridgehead atoms. The number of fused-ring (bicyclic) bond motifs is 6. The van der Waals surface area contributed by atoms with Crippen molar-refractivity contribution in [2.45, 2.75) is 0 Å². The maximum atomic E-state index is 5.36. The Morgan fingerprint density at radius 3 is 1.63 bits per heavy atom. The summed E-state index contributed by atoms with van der Waals surface area (Å²) in [5, 5.41) is 6.00. The zero-order valence-corrected chi connectivity index (χ0v) is 28.2. The number of pyridine rings is 1. The Kier molecular flexibility index (Phi) is 6.96. The van der Waals surface area contributed by atoms with Gasteiger partial charge in [0.25, 0.3) is 0 Å². The monoisotopic (exact) mass is 668 g/mol. The van der Waals surface area contributed by atoms with Crippen molar-refractivity contribution in [2.24, 2.45) is 0 Å². The lowest BCUT2D eigenvalue weighted by Crippen LogP contribution is -2.00. The van der Waals surface area contributed by atoms with Gasteiger partial charge in [0, 0.05) is 53.2 Å². The van der Waals surface area contributed by atoms with E-state index in [-0.39, 0.29) is 0 Å². The van der Waals surface area contributed by atoms with Crippen LogP contribution in [-0.4, -0.2) is 19.9 Å². The van der Waals surface area contributed by atoms with Gasteiger partial charge in [0.05, 0.1) is 11.2 Å². The minimum atomic E-state index is 0.636. The highest BCUT2D eigenvalue weighted by Crippen LogP contribution is 2.42. The maximum absolute atomic E-state index is 5.36. The Labute approximate surface area is 298 Å². The summed E-state index contributed by atoms with van der Waals surface area (Å²) in [6, 6.07) is 59.1. The van der Waals surface area contributed by atoms with Crippen LogP contribution in [0.15, 0.2) is 170 Å². The predicted octanol–water partition coefficient (Wildman–Crippen LogP) is 12.3. The molecule has 3 heterocycles. The number of benzene rings is 7. The maximum Gasteiger partial charge on any atom is 0.164 e. The van der Waals surface area contributed by atoms with Gasteiger partial charge in [0.1, 0.15) is 0 Å². The van der Waals surface area contributed by atoms with Crippen LogP contribution in [0.2, 0.25) is 0 Å². The summed E-state index contributed by atoms with van der Waals surface area (Å²) in [6.45, 7) is 0. The predicted molar refractivity (Wildman–Crippen MR) is 213 cm³/mol. The van der Waals surface area contributed by atoms with Crippen molar-refractivity contribution in [1.29, 1.82) is 0 Å². The van der Waals surface area contributed by atoms with Crippen LogP contribution in [0.1, 0.15) is 0 Å². The average molecular weight is 669 g/mol. The number of rotatable bonds is 5. The normalized spacial score (nSPS) is 11.5. The van der Waals surface area contributed by atoms with Gasteiger partial charge in [-0.05, 0) is 46.8 Å². The number of hydrogen-bond donors (Lipinski definition) is 0. The fourth-order valence-corrected chi connectivity index (χ4v) is 8.22. The Morgan fingerprint density at radius 2 is 0.882 bits per heavy atom. The second-order valence-electron chi connectivity index (χ2n) is 12.6. The average Bonchev–Trinajstić information content (AvgIpc) is 3.60. The molecule has 10 aromatic rings. The zero-order valence-electron chi connectivity index (χ0n) is 27.4. The van der Waals surface area contributed by atoms with Gasteiger partial charge < -0.3 is 0 Å². The van der Waals surface area contributed by atoms with Crippen LogP contribution in [0.3, 0.4) is 0 Å². The third-order valence-corrected chi connectivity index (χ3v) is 10.6. The van der Waals surface area contributed by atoms with Gasteiger partial charge in [-0.15, -0.1) is 11.3 Å². The lowest BCUT2D eigenvalue weighted by atomic mass is 9.95. The first kappa shape index (κ1) is 29.4. The summed E-state index contributed by atoms with van der Waals surface area (Å²) in [5.41, 5.74) is 8.17. The van der Waals surface area contributed by atoms with Gasteiger partial charge in [-0.25, -0.2) is 19.9 Å². The van der Waals surface area contributed by atoms with Crippen LogP contribution in [0.5, 0.6) is 0 Å². The van der Waals surface area contributed by atoms with E-state index >= 15 is 0 Å². The third-order valence-electron chi connectivity index (χ3n) is 9.51. The van der Waals surface area contributed by atoms with Crippen LogP contribution in [0, 0.1) is 0 Å². The van der Waals surface area contributed by atoms with Crippen molar-refractivity contribution in [3.8, 4) is 56.5 Å². The van der Waals surface area contributed by atoms with Crippen molar-refractivity contribution in [1.82, 2.24) is 19.9 Å². The molecule has 0 saturated carbocycles. The fourth-order valence-electron chi connectivity index (χ4n) is 7.09. The van der Waals surface area contributed by atoms with E-state index in [4.69, 9.17) is 19.9 Å².